The second-order valence-electron chi connectivity index (χ2n) is 4.65. The van der Waals surface area contributed by atoms with Gasteiger partial charge in [0.05, 0.1) is 25.9 Å². The SMILES string of the molecule is CNC(Cc1cc(F)ccc1C)C1COCCO1. The van der Waals surface area contributed by atoms with Crippen molar-refractivity contribution in [2.24, 2.45) is 0 Å². The summed E-state index contributed by atoms with van der Waals surface area (Å²) in [5.74, 6) is -0.189. The van der Waals surface area contributed by atoms with Gasteiger partial charge in [-0.2, -0.15) is 0 Å². The number of aryl methyl sites for hydroxylation is 1. The maximum atomic E-state index is 13.3. The van der Waals surface area contributed by atoms with Crippen molar-refractivity contribution in [3.05, 3.63) is 35.1 Å². The molecule has 2 unspecified atom stereocenters. The topological polar surface area (TPSA) is 30.5 Å². The Bertz CT molecular complexity index is 391. The minimum Gasteiger partial charge on any atom is -0.376 e. The van der Waals surface area contributed by atoms with E-state index in [1.807, 2.05) is 20.0 Å². The van der Waals surface area contributed by atoms with E-state index in [9.17, 15) is 4.39 Å². The summed E-state index contributed by atoms with van der Waals surface area (Å²) in [4.78, 5) is 0. The van der Waals surface area contributed by atoms with Crippen LogP contribution in [-0.4, -0.2) is 39.0 Å². The van der Waals surface area contributed by atoms with Gasteiger partial charge in [0.25, 0.3) is 0 Å². The molecule has 3 nitrogen and oxygen atoms in total. The van der Waals surface area contributed by atoms with Crippen LogP contribution in [0.25, 0.3) is 0 Å². The van der Waals surface area contributed by atoms with E-state index >= 15 is 0 Å². The van der Waals surface area contributed by atoms with E-state index in [4.69, 9.17) is 9.47 Å². The fourth-order valence-corrected chi connectivity index (χ4v) is 2.25. The first-order chi connectivity index (χ1) is 8.70. The summed E-state index contributed by atoms with van der Waals surface area (Å²) in [7, 11) is 1.90. The monoisotopic (exact) mass is 253 g/mol. The lowest BCUT2D eigenvalue weighted by atomic mass is 9.97. The molecule has 2 rings (SSSR count). The molecule has 4 heteroatoms. The summed E-state index contributed by atoms with van der Waals surface area (Å²) in [5.41, 5.74) is 2.12. The molecule has 1 heterocycles. The molecule has 0 radical (unpaired) electrons. The van der Waals surface area contributed by atoms with Crippen LogP contribution in [0.1, 0.15) is 11.1 Å². The van der Waals surface area contributed by atoms with Crippen LogP contribution in [0.5, 0.6) is 0 Å². The lowest BCUT2D eigenvalue weighted by Gasteiger charge is -2.30. The van der Waals surface area contributed by atoms with E-state index in [1.54, 1.807) is 6.07 Å². The van der Waals surface area contributed by atoms with Crippen LogP contribution in [-0.2, 0) is 15.9 Å². The molecule has 1 N–H and O–H groups in total. The van der Waals surface area contributed by atoms with E-state index in [1.165, 1.54) is 6.07 Å². The molecule has 1 aliphatic heterocycles. The van der Waals surface area contributed by atoms with Crippen LogP contribution < -0.4 is 5.32 Å². The molecule has 1 aromatic carbocycles. The van der Waals surface area contributed by atoms with Crippen molar-refractivity contribution in [2.45, 2.75) is 25.5 Å². The van der Waals surface area contributed by atoms with Gasteiger partial charge in [-0.3, -0.25) is 0 Å². The standard InChI is InChI=1S/C14H20FNO2/c1-10-3-4-12(15)7-11(10)8-13(16-2)14-9-17-5-6-18-14/h3-4,7,13-14,16H,5-6,8-9H2,1-2H3. The summed E-state index contributed by atoms with van der Waals surface area (Å²) in [6.45, 7) is 3.89. The maximum Gasteiger partial charge on any atom is 0.123 e. The van der Waals surface area contributed by atoms with Crippen molar-refractivity contribution < 1.29 is 13.9 Å². The second-order valence-corrected chi connectivity index (χ2v) is 4.65. The second kappa shape index (κ2) is 6.27. The Morgan fingerprint density at radius 1 is 1.44 bits per heavy atom. The molecule has 0 spiro atoms. The lowest BCUT2D eigenvalue weighted by Crippen LogP contribution is -2.46. The Morgan fingerprint density at radius 3 is 2.94 bits per heavy atom. The fourth-order valence-electron chi connectivity index (χ4n) is 2.25. The average molecular weight is 253 g/mol. The third kappa shape index (κ3) is 3.28. The molecule has 0 aromatic heterocycles. The van der Waals surface area contributed by atoms with Gasteiger partial charge >= 0.3 is 0 Å². The molecule has 18 heavy (non-hydrogen) atoms. The van der Waals surface area contributed by atoms with Crippen LogP contribution in [0.15, 0.2) is 18.2 Å². The Balaban J connectivity index is 2.06. The van der Waals surface area contributed by atoms with Crippen molar-refractivity contribution in [1.82, 2.24) is 5.32 Å². The van der Waals surface area contributed by atoms with E-state index in [-0.39, 0.29) is 18.0 Å². The van der Waals surface area contributed by atoms with Crippen molar-refractivity contribution >= 4 is 0 Å². The number of nitrogens with one attached hydrogen (secondary N) is 1. The van der Waals surface area contributed by atoms with Crippen LogP contribution >= 0.6 is 0 Å². The van der Waals surface area contributed by atoms with Gasteiger partial charge < -0.3 is 14.8 Å². The maximum absolute atomic E-state index is 13.3. The molecule has 1 aromatic rings. The van der Waals surface area contributed by atoms with Crippen LogP contribution in [0.4, 0.5) is 4.39 Å². The average Bonchev–Trinajstić information content (AvgIpc) is 2.41. The highest BCUT2D eigenvalue weighted by molar-refractivity contribution is 5.27. The summed E-state index contributed by atoms with van der Waals surface area (Å²) < 4.78 is 24.4. The van der Waals surface area contributed by atoms with Gasteiger partial charge in [0.15, 0.2) is 0 Å². The molecule has 0 aliphatic carbocycles. The zero-order chi connectivity index (χ0) is 13.0. The third-order valence-corrected chi connectivity index (χ3v) is 3.41. The largest absolute Gasteiger partial charge is 0.376 e. The number of halogens is 1. The molecule has 1 fully saturated rings. The predicted molar refractivity (Wildman–Crippen MR) is 68.2 cm³/mol. The van der Waals surface area contributed by atoms with E-state index in [0.29, 0.717) is 19.8 Å². The first-order valence-corrected chi connectivity index (χ1v) is 6.32. The number of rotatable bonds is 4. The minimum absolute atomic E-state index is 0.0337. The van der Waals surface area contributed by atoms with E-state index in [2.05, 4.69) is 5.32 Å². The number of hydrogen-bond acceptors (Lipinski definition) is 3. The zero-order valence-corrected chi connectivity index (χ0v) is 10.9. The van der Waals surface area contributed by atoms with Crippen molar-refractivity contribution in [2.75, 3.05) is 26.9 Å². The fraction of sp³-hybridized carbons (Fsp3) is 0.571. The molecule has 1 saturated heterocycles. The first kappa shape index (κ1) is 13.5. The molecule has 1 aliphatic rings. The van der Waals surface area contributed by atoms with Gasteiger partial charge in [0.2, 0.25) is 0 Å². The summed E-state index contributed by atoms with van der Waals surface area (Å²) in [6, 6.07) is 5.05. The molecule has 0 bridgehead atoms. The summed E-state index contributed by atoms with van der Waals surface area (Å²) in [6.07, 6.45) is 0.778. The lowest BCUT2D eigenvalue weighted by molar-refractivity contribution is -0.100. The number of benzene rings is 1. The number of ether oxygens (including phenoxy) is 2. The highest BCUT2D eigenvalue weighted by atomic mass is 19.1. The molecule has 100 valence electrons. The van der Waals surface area contributed by atoms with Crippen LogP contribution in [0.3, 0.4) is 0 Å². The quantitative estimate of drug-likeness (QED) is 0.885. The third-order valence-electron chi connectivity index (χ3n) is 3.41. The van der Waals surface area contributed by atoms with Gasteiger partial charge in [-0.25, -0.2) is 4.39 Å². The van der Waals surface area contributed by atoms with Gasteiger partial charge in [0, 0.05) is 6.04 Å². The Kier molecular flexibility index (Phi) is 4.69. The van der Waals surface area contributed by atoms with Crippen LogP contribution in [0.2, 0.25) is 0 Å². The van der Waals surface area contributed by atoms with Gasteiger partial charge in [-0.05, 0) is 43.7 Å². The normalized spacial score (nSPS) is 21.8. The van der Waals surface area contributed by atoms with Gasteiger partial charge in [-0.15, -0.1) is 0 Å². The Labute approximate surface area is 107 Å². The molecular weight excluding hydrogens is 233 g/mol. The molecule has 2 atom stereocenters. The minimum atomic E-state index is -0.189. The Hall–Kier alpha value is -0.970. The number of hydrogen-bond donors (Lipinski definition) is 1. The van der Waals surface area contributed by atoms with Crippen LogP contribution in [0, 0.1) is 12.7 Å². The molecule has 0 amide bonds. The zero-order valence-electron chi connectivity index (χ0n) is 10.9. The summed E-state index contributed by atoms with van der Waals surface area (Å²) in [5, 5.41) is 3.24. The van der Waals surface area contributed by atoms with Crippen molar-refractivity contribution in [3.63, 3.8) is 0 Å². The first-order valence-electron chi connectivity index (χ1n) is 6.32. The number of likely N-dealkylation sites (N-methyl/N-ethyl adjacent to an activating group) is 1. The van der Waals surface area contributed by atoms with E-state index in [0.717, 1.165) is 17.5 Å². The Morgan fingerprint density at radius 2 is 2.28 bits per heavy atom. The highest BCUT2D eigenvalue weighted by Gasteiger charge is 2.24. The van der Waals surface area contributed by atoms with Gasteiger partial charge in [-0.1, -0.05) is 6.07 Å². The van der Waals surface area contributed by atoms with E-state index < -0.39 is 0 Å². The summed E-state index contributed by atoms with van der Waals surface area (Å²) >= 11 is 0. The van der Waals surface area contributed by atoms with Crippen molar-refractivity contribution in [3.8, 4) is 0 Å². The van der Waals surface area contributed by atoms with Gasteiger partial charge in [0.1, 0.15) is 5.82 Å². The van der Waals surface area contributed by atoms with Crippen molar-refractivity contribution in [1.29, 1.82) is 0 Å². The highest BCUT2D eigenvalue weighted by Crippen LogP contribution is 2.16. The molecular formula is C14H20FNO2. The smallest absolute Gasteiger partial charge is 0.123 e. The molecule has 0 saturated carbocycles. The predicted octanol–water partition coefficient (Wildman–Crippen LogP) is 1.68.